The maximum absolute atomic E-state index is 8.71. The minimum Gasteiger partial charge on any atom is -0.236 e. The van der Waals surface area contributed by atoms with Crippen molar-refractivity contribution in [1.29, 1.82) is 5.26 Å². The van der Waals surface area contributed by atoms with Crippen LogP contribution in [-0.2, 0) is 0 Å². The van der Waals surface area contributed by atoms with Crippen LogP contribution in [0.2, 0.25) is 0 Å². The van der Waals surface area contributed by atoms with E-state index in [-0.39, 0.29) is 0 Å². The van der Waals surface area contributed by atoms with E-state index in [4.69, 9.17) is 5.26 Å². The predicted molar refractivity (Wildman–Crippen MR) is 57.0 cm³/mol. The van der Waals surface area contributed by atoms with Crippen LogP contribution in [0.3, 0.4) is 0 Å². The van der Waals surface area contributed by atoms with E-state index in [0.29, 0.717) is 5.69 Å². The second-order valence-corrected chi connectivity index (χ2v) is 4.22. The number of hydrogen-bond donors (Lipinski definition) is 0. The zero-order valence-corrected chi connectivity index (χ0v) is 8.51. The first-order valence-corrected chi connectivity index (χ1v) is 5.05. The SMILES string of the molecule is Cc1ccc(-c2cccc(C#N)n2)s1. The van der Waals surface area contributed by atoms with Crippen LogP contribution >= 0.6 is 11.3 Å². The fourth-order valence-electron chi connectivity index (χ4n) is 1.21. The Labute approximate surface area is 86.5 Å². The number of thiophene rings is 1. The van der Waals surface area contributed by atoms with Gasteiger partial charge in [-0.05, 0) is 31.2 Å². The molecule has 0 saturated carbocycles. The van der Waals surface area contributed by atoms with Gasteiger partial charge in [-0.3, -0.25) is 0 Å². The topological polar surface area (TPSA) is 36.7 Å². The number of nitriles is 1. The van der Waals surface area contributed by atoms with Crippen molar-refractivity contribution in [3.05, 3.63) is 40.9 Å². The first-order valence-electron chi connectivity index (χ1n) is 4.23. The lowest BCUT2D eigenvalue weighted by Crippen LogP contribution is -1.83. The average molecular weight is 200 g/mol. The van der Waals surface area contributed by atoms with Crippen LogP contribution in [0.5, 0.6) is 0 Å². The molecule has 0 atom stereocenters. The zero-order valence-electron chi connectivity index (χ0n) is 7.69. The molecule has 2 nitrogen and oxygen atoms in total. The fraction of sp³-hybridized carbons (Fsp3) is 0.0909. The molecule has 2 heterocycles. The van der Waals surface area contributed by atoms with Crippen molar-refractivity contribution >= 4 is 11.3 Å². The molecule has 0 aliphatic heterocycles. The number of aromatic nitrogens is 1. The van der Waals surface area contributed by atoms with Gasteiger partial charge in [-0.1, -0.05) is 6.07 Å². The monoisotopic (exact) mass is 200 g/mol. The first-order chi connectivity index (χ1) is 6.79. The van der Waals surface area contributed by atoms with Crippen molar-refractivity contribution in [2.45, 2.75) is 6.92 Å². The smallest absolute Gasteiger partial charge is 0.141 e. The van der Waals surface area contributed by atoms with Gasteiger partial charge in [0, 0.05) is 4.88 Å². The van der Waals surface area contributed by atoms with Gasteiger partial charge in [0.15, 0.2) is 0 Å². The number of aryl methyl sites for hydroxylation is 1. The number of pyridine rings is 1. The number of nitrogens with zero attached hydrogens (tertiary/aromatic N) is 2. The summed E-state index contributed by atoms with van der Waals surface area (Å²) in [6.07, 6.45) is 0. The molecule has 0 fully saturated rings. The van der Waals surface area contributed by atoms with Crippen LogP contribution in [0.15, 0.2) is 30.3 Å². The second-order valence-electron chi connectivity index (χ2n) is 2.93. The summed E-state index contributed by atoms with van der Waals surface area (Å²) in [5.74, 6) is 0. The summed E-state index contributed by atoms with van der Waals surface area (Å²) in [5, 5.41) is 8.71. The van der Waals surface area contributed by atoms with E-state index in [1.807, 2.05) is 24.3 Å². The second kappa shape index (κ2) is 3.60. The third kappa shape index (κ3) is 1.66. The van der Waals surface area contributed by atoms with Crippen molar-refractivity contribution < 1.29 is 0 Å². The molecule has 68 valence electrons. The van der Waals surface area contributed by atoms with Crippen molar-refractivity contribution in [3.8, 4) is 16.6 Å². The van der Waals surface area contributed by atoms with Crippen LogP contribution < -0.4 is 0 Å². The van der Waals surface area contributed by atoms with Crippen LogP contribution in [0.1, 0.15) is 10.6 Å². The summed E-state index contributed by atoms with van der Waals surface area (Å²) in [4.78, 5) is 6.59. The summed E-state index contributed by atoms with van der Waals surface area (Å²) < 4.78 is 0. The van der Waals surface area contributed by atoms with Gasteiger partial charge in [0.1, 0.15) is 11.8 Å². The molecule has 0 unspecified atom stereocenters. The van der Waals surface area contributed by atoms with Gasteiger partial charge in [0.25, 0.3) is 0 Å². The largest absolute Gasteiger partial charge is 0.236 e. The van der Waals surface area contributed by atoms with Crippen LogP contribution in [-0.4, -0.2) is 4.98 Å². The van der Waals surface area contributed by atoms with Gasteiger partial charge >= 0.3 is 0 Å². The lowest BCUT2D eigenvalue weighted by molar-refractivity contribution is 1.27. The Morgan fingerprint density at radius 2 is 2.14 bits per heavy atom. The van der Waals surface area contributed by atoms with E-state index in [0.717, 1.165) is 10.6 Å². The molecule has 0 saturated heterocycles. The summed E-state index contributed by atoms with van der Waals surface area (Å²) >= 11 is 1.69. The summed E-state index contributed by atoms with van der Waals surface area (Å²) in [7, 11) is 0. The van der Waals surface area contributed by atoms with Crippen molar-refractivity contribution in [1.82, 2.24) is 4.98 Å². The Morgan fingerprint density at radius 3 is 2.79 bits per heavy atom. The molecule has 0 amide bonds. The molecule has 0 radical (unpaired) electrons. The molecular weight excluding hydrogens is 192 g/mol. The molecule has 0 aliphatic rings. The average Bonchev–Trinajstić information content (AvgIpc) is 2.65. The molecule has 2 aromatic heterocycles. The predicted octanol–water partition coefficient (Wildman–Crippen LogP) is 2.99. The quantitative estimate of drug-likeness (QED) is 0.709. The fourth-order valence-corrected chi connectivity index (χ4v) is 2.04. The molecule has 2 rings (SSSR count). The Kier molecular flexibility index (Phi) is 2.30. The van der Waals surface area contributed by atoms with E-state index in [1.54, 1.807) is 17.4 Å². The number of hydrogen-bond acceptors (Lipinski definition) is 3. The highest BCUT2D eigenvalue weighted by atomic mass is 32.1. The van der Waals surface area contributed by atoms with E-state index >= 15 is 0 Å². The van der Waals surface area contributed by atoms with E-state index in [9.17, 15) is 0 Å². The van der Waals surface area contributed by atoms with Crippen LogP contribution in [0.4, 0.5) is 0 Å². The number of rotatable bonds is 1. The van der Waals surface area contributed by atoms with Gasteiger partial charge in [0.2, 0.25) is 0 Å². The summed E-state index contributed by atoms with van der Waals surface area (Å²) in [6, 6.07) is 11.6. The van der Waals surface area contributed by atoms with Crippen LogP contribution in [0, 0.1) is 18.3 Å². The van der Waals surface area contributed by atoms with Gasteiger partial charge in [-0.25, -0.2) is 4.98 Å². The Morgan fingerprint density at radius 1 is 1.29 bits per heavy atom. The highest BCUT2D eigenvalue weighted by Gasteiger charge is 2.02. The highest BCUT2D eigenvalue weighted by Crippen LogP contribution is 2.25. The maximum Gasteiger partial charge on any atom is 0.141 e. The maximum atomic E-state index is 8.71. The molecule has 2 aromatic rings. The van der Waals surface area contributed by atoms with Crippen molar-refractivity contribution in [2.24, 2.45) is 0 Å². The third-order valence-electron chi connectivity index (χ3n) is 1.86. The van der Waals surface area contributed by atoms with E-state index < -0.39 is 0 Å². The van der Waals surface area contributed by atoms with E-state index in [2.05, 4.69) is 18.0 Å². The Bertz CT molecular complexity index is 494. The standard InChI is InChI=1S/C11H8N2S/c1-8-5-6-11(14-8)10-4-2-3-9(7-12)13-10/h2-6H,1H3. The van der Waals surface area contributed by atoms with Crippen molar-refractivity contribution in [2.75, 3.05) is 0 Å². The van der Waals surface area contributed by atoms with Crippen molar-refractivity contribution in [3.63, 3.8) is 0 Å². The van der Waals surface area contributed by atoms with Gasteiger partial charge in [-0.15, -0.1) is 11.3 Å². The molecule has 14 heavy (non-hydrogen) atoms. The molecule has 0 spiro atoms. The minimum atomic E-state index is 0.466. The van der Waals surface area contributed by atoms with E-state index in [1.165, 1.54) is 4.88 Å². The molecule has 0 bridgehead atoms. The normalized spacial score (nSPS) is 9.71. The Balaban J connectivity index is 2.47. The summed E-state index contributed by atoms with van der Waals surface area (Å²) in [5.41, 5.74) is 1.34. The molecular formula is C11H8N2S. The molecule has 0 aliphatic carbocycles. The molecule has 0 N–H and O–H groups in total. The zero-order chi connectivity index (χ0) is 9.97. The third-order valence-corrected chi connectivity index (χ3v) is 2.88. The minimum absolute atomic E-state index is 0.466. The first kappa shape index (κ1) is 8.92. The summed E-state index contributed by atoms with van der Waals surface area (Å²) in [6.45, 7) is 2.06. The Hall–Kier alpha value is -1.66. The highest BCUT2D eigenvalue weighted by molar-refractivity contribution is 7.15. The van der Waals surface area contributed by atoms with Gasteiger partial charge < -0.3 is 0 Å². The molecule has 0 aromatic carbocycles. The van der Waals surface area contributed by atoms with Crippen LogP contribution in [0.25, 0.3) is 10.6 Å². The molecule has 3 heteroatoms. The lowest BCUT2D eigenvalue weighted by Gasteiger charge is -1.95. The lowest BCUT2D eigenvalue weighted by atomic mass is 10.3. The van der Waals surface area contributed by atoms with Gasteiger partial charge in [-0.2, -0.15) is 5.26 Å². The van der Waals surface area contributed by atoms with Gasteiger partial charge in [0.05, 0.1) is 10.6 Å².